The zero-order valence-electron chi connectivity index (χ0n) is 15.1. The van der Waals surface area contributed by atoms with Crippen LogP contribution in [0.15, 0.2) is 29.2 Å². The third-order valence-corrected chi connectivity index (χ3v) is 7.05. The minimum atomic E-state index is -3.57. The van der Waals surface area contributed by atoms with Gasteiger partial charge < -0.3 is 15.1 Å². The average molecular weight is 392 g/mol. The van der Waals surface area contributed by atoms with Gasteiger partial charge in [-0.15, -0.1) is 0 Å². The fraction of sp³-hybridized carbons (Fsp3) is 0.556. The second-order valence-electron chi connectivity index (χ2n) is 7.40. The van der Waals surface area contributed by atoms with E-state index in [0.717, 1.165) is 19.3 Å². The molecule has 2 atom stereocenters. The molecule has 4 rings (SSSR count). The summed E-state index contributed by atoms with van der Waals surface area (Å²) in [5.41, 5.74) is 0.590. The number of likely N-dealkylation sites (tertiary alicyclic amines) is 2. The Morgan fingerprint density at radius 3 is 2.78 bits per heavy atom. The smallest absolute Gasteiger partial charge is 0.244 e. The molecule has 0 aliphatic carbocycles. The number of piperidine rings is 1. The number of hydrogen-bond donors (Lipinski definition) is 2. The van der Waals surface area contributed by atoms with E-state index in [-0.39, 0.29) is 29.2 Å². The lowest BCUT2D eigenvalue weighted by atomic mass is 9.94. The summed E-state index contributed by atoms with van der Waals surface area (Å²) in [4.78, 5) is 28.0. The Morgan fingerprint density at radius 1 is 1.19 bits per heavy atom. The average Bonchev–Trinajstić information content (AvgIpc) is 3.06. The first-order chi connectivity index (χ1) is 12.9. The summed E-state index contributed by atoms with van der Waals surface area (Å²) < 4.78 is 27.8. The van der Waals surface area contributed by atoms with E-state index in [1.165, 1.54) is 0 Å². The van der Waals surface area contributed by atoms with Crippen molar-refractivity contribution in [1.29, 1.82) is 0 Å². The van der Waals surface area contributed by atoms with Crippen molar-refractivity contribution in [2.24, 2.45) is 5.92 Å². The summed E-state index contributed by atoms with van der Waals surface area (Å²) in [5.74, 6) is -0.0515. The highest BCUT2D eigenvalue weighted by Gasteiger charge is 2.37. The summed E-state index contributed by atoms with van der Waals surface area (Å²) in [5, 5.41) is 3.27. The van der Waals surface area contributed by atoms with Gasteiger partial charge in [0.25, 0.3) is 0 Å². The number of nitrogens with one attached hydrogen (secondary N) is 2. The van der Waals surface area contributed by atoms with Gasteiger partial charge in [0.2, 0.25) is 21.8 Å². The fourth-order valence-corrected chi connectivity index (χ4v) is 5.49. The molecule has 1 aromatic carbocycles. The second kappa shape index (κ2) is 7.12. The van der Waals surface area contributed by atoms with Gasteiger partial charge in [0.05, 0.1) is 18.4 Å². The van der Waals surface area contributed by atoms with Crippen LogP contribution in [0.25, 0.3) is 0 Å². The summed E-state index contributed by atoms with van der Waals surface area (Å²) in [6.45, 7) is 1.89. The van der Waals surface area contributed by atoms with Crippen LogP contribution < -0.4 is 10.0 Å². The minimum Gasteiger partial charge on any atom is -0.368 e. The largest absolute Gasteiger partial charge is 0.368 e. The van der Waals surface area contributed by atoms with Gasteiger partial charge in [-0.2, -0.15) is 4.72 Å². The Kier molecular flexibility index (Phi) is 4.81. The number of rotatable bonds is 3. The molecular formula is C18H24N4O4S. The number of hydrogen-bond acceptors (Lipinski definition) is 5. The molecule has 2 fully saturated rings. The van der Waals surface area contributed by atoms with Gasteiger partial charge in [0.15, 0.2) is 0 Å². The van der Waals surface area contributed by atoms with E-state index in [2.05, 4.69) is 10.0 Å². The highest BCUT2D eigenvalue weighted by atomic mass is 32.2. The van der Waals surface area contributed by atoms with Crippen LogP contribution in [-0.2, 0) is 19.6 Å². The van der Waals surface area contributed by atoms with E-state index in [9.17, 15) is 18.0 Å². The molecule has 9 heteroatoms. The summed E-state index contributed by atoms with van der Waals surface area (Å²) >= 11 is 0. The maximum absolute atomic E-state index is 12.6. The predicted molar refractivity (Wildman–Crippen MR) is 99.3 cm³/mol. The van der Waals surface area contributed by atoms with E-state index in [1.54, 1.807) is 34.1 Å². The molecule has 1 aromatic rings. The van der Waals surface area contributed by atoms with Crippen molar-refractivity contribution >= 4 is 27.5 Å². The maximum atomic E-state index is 12.6. The van der Waals surface area contributed by atoms with E-state index in [1.807, 2.05) is 0 Å². The maximum Gasteiger partial charge on any atom is 0.244 e. The molecule has 0 bridgehead atoms. The van der Waals surface area contributed by atoms with Gasteiger partial charge in [0.1, 0.15) is 4.90 Å². The molecule has 0 spiro atoms. The van der Waals surface area contributed by atoms with Crippen LogP contribution in [0.1, 0.15) is 25.7 Å². The first-order valence-electron chi connectivity index (χ1n) is 9.37. The van der Waals surface area contributed by atoms with Crippen LogP contribution in [0.5, 0.6) is 0 Å². The molecule has 2 amide bonds. The van der Waals surface area contributed by atoms with Crippen molar-refractivity contribution in [3.05, 3.63) is 24.3 Å². The Morgan fingerprint density at radius 2 is 2.00 bits per heavy atom. The summed E-state index contributed by atoms with van der Waals surface area (Å²) in [6, 6.07) is 6.82. The zero-order chi connectivity index (χ0) is 19.0. The third kappa shape index (κ3) is 3.66. The van der Waals surface area contributed by atoms with Gasteiger partial charge in [-0.25, -0.2) is 8.42 Å². The van der Waals surface area contributed by atoms with Crippen LogP contribution in [0.3, 0.4) is 0 Å². The van der Waals surface area contributed by atoms with Crippen LogP contribution in [0.4, 0.5) is 5.69 Å². The van der Waals surface area contributed by atoms with Crippen LogP contribution in [0.2, 0.25) is 0 Å². The lowest BCUT2D eigenvalue weighted by molar-refractivity contribution is -0.139. The Balaban J connectivity index is 1.44. The van der Waals surface area contributed by atoms with E-state index in [4.69, 9.17) is 0 Å². The Labute approximate surface area is 158 Å². The number of carbonyl (C=O) groups is 2. The highest BCUT2D eigenvalue weighted by molar-refractivity contribution is 7.89. The number of benzene rings is 1. The fourth-order valence-electron chi connectivity index (χ4n) is 4.10. The van der Waals surface area contributed by atoms with Crippen molar-refractivity contribution < 1.29 is 18.0 Å². The monoisotopic (exact) mass is 392 g/mol. The molecule has 0 unspecified atom stereocenters. The van der Waals surface area contributed by atoms with E-state index in [0.29, 0.717) is 31.7 Å². The predicted octanol–water partition coefficient (Wildman–Crippen LogP) is 0.578. The number of sulfonamides is 1. The highest BCUT2D eigenvalue weighted by Crippen LogP contribution is 2.30. The number of carbonyl (C=O) groups excluding carboxylic acids is 2. The SMILES string of the molecule is O=C1CCCN1CC(=O)N1CCC[C@H]([C@@H]2Nc3ccccc3S(=O)(=O)N2)C1. The molecule has 3 aliphatic heterocycles. The first-order valence-corrected chi connectivity index (χ1v) is 10.9. The third-order valence-electron chi connectivity index (χ3n) is 5.55. The van der Waals surface area contributed by atoms with Gasteiger partial charge in [0, 0.05) is 32.0 Å². The van der Waals surface area contributed by atoms with E-state index >= 15 is 0 Å². The quantitative estimate of drug-likeness (QED) is 0.784. The molecule has 146 valence electrons. The molecule has 0 aromatic heterocycles. The molecule has 3 heterocycles. The van der Waals surface area contributed by atoms with Crippen LogP contribution >= 0.6 is 0 Å². The zero-order valence-corrected chi connectivity index (χ0v) is 15.9. The second-order valence-corrected chi connectivity index (χ2v) is 9.08. The molecule has 8 nitrogen and oxygen atoms in total. The van der Waals surface area contributed by atoms with Crippen molar-refractivity contribution in [3.8, 4) is 0 Å². The van der Waals surface area contributed by atoms with Crippen LogP contribution in [-0.4, -0.2) is 62.4 Å². The number of fused-ring (bicyclic) bond motifs is 1. The number of anilines is 1. The van der Waals surface area contributed by atoms with Crippen LogP contribution in [0, 0.1) is 5.92 Å². The van der Waals surface area contributed by atoms with Gasteiger partial charge in [-0.1, -0.05) is 12.1 Å². The Bertz CT molecular complexity index is 857. The van der Waals surface area contributed by atoms with Crippen molar-refractivity contribution in [1.82, 2.24) is 14.5 Å². The van der Waals surface area contributed by atoms with Gasteiger partial charge in [-0.05, 0) is 31.4 Å². The van der Waals surface area contributed by atoms with Crippen molar-refractivity contribution in [3.63, 3.8) is 0 Å². The van der Waals surface area contributed by atoms with Gasteiger partial charge in [-0.3, -0.25) is 9.59 Å². The topological polar surface area (TPSA) is 98.8 Å². The summed E-state index contributed by atoms with van der Waals surface area (Å²) in [7, 11) is -3.57. The molecular weight excluding hydrogens is 368 g/mol. The Hall–Kier alpha value is -2.13. The molecule has 2 N–H and O–H groups in total. The molecule has 0 radical (unpaired) electrons. The molecule has 27 heavy (non-hydrogen) atoms. The lowest BCUT2D eigenvalue weighted by Crippen LogP contribution is -2.55. The van der Waals surface area contributed by atoms with Gasteiger partial charge >= 0.3 is 0 Å². The standard InChI is InChI=1S/C18H24N4O4S/c23-16-8-4-10-22(16)12-17(24)21-9-3-5-13(11-21)18-19-14-6-1-2-7-15(14)27(25,26)20-18/h1-2,6-7,13,18-20H,3-5,8-12H2/t13-,18+/m0/s1. The molecule has 2 saturated heterocycles. The number of amides is 2. The number of nitrogens with zero attached hydrogens (tertiary/aromatic N) is 2. The first kappa shape index (κ1) is 18.2. The van der Waals surface area contributed by atoms with Crippen molar-refractivity contribution in [2.75, 3.05) is 31.5 Å². The number of para-hydroxylation sites is 1. The minimum absolute atomic E-state index is 0.0277. The molecule has 0 saturated carbocycles. The summed E-state index contributed by atoms with van der Waals surface area (Å²) in [6.07, 6.45) is 2.51. The lowest BCUT2D eigenvalue weighted by Gasteiger charge is -2.40. The molecule has 3 aliphatic rings. The normalized spacial score (nSPS) is 27.2. The van der Waals surface area contributed by atoms with Crippen molar-refractivity contribution in [2.45, 2.75) is 36.7 Å². The van der Waals surface area contributed by atoms with E-state index < -0.39 is 16.2 Å².